The highest BCUT2D eigenvalue weighted by molar-refractivity contribution is 7.90. The average molecular weight is 223 g/mol. The Hall–Kier alpha value is -1.26. The van der Waals surface area contributed by atoms with Gasteiger partial charge in [0, 0.05) is 17.5 Å². The maximum atomic E-state index is 11.6. The van der Waals surface area contributed by atoms with Crippen LogP contribution in [0.15, 0.2) is 30.8 Å². The first-order valence-corrected chi connectivity index (χ1v) is 4.81. The van der Waals surface area contributed by atoms with Gasteiger partial charge in [0.25, 0.3) is 5.91 Å². The van der Waals surface area contributed by atoms with Crippen LogP contribution in [0.3, 0.4) is 0 Å². The van der Waals surface area contributed by atoms with Crippen LogP contribution in [0.2, 0.25) is 0 Å². The molecule has 1 aromatic rings. The predicted octanol–water partition coefficient (Wildman–Crippen LogP) is 2.22. The molecule has 15 heavy (non-hydrogen) atoms. The number of amides is 1. The summed E-state index contributed by atoms with van der Waals surface area (Å²) in [6.45, 7) is 3.70. The summed E-state index contributed by atoms with van der Waals surface area (Å²) in [6, 6.07) is 7.03. The molecule has 0 radical (unpaired) electrons. The standard InChI is InChI=1S/C11H13NO2S/c1-8(15)9-4-6-10(7-5-9)11(13)12(2)14-3/h4-7,15H,1H2,2-3H3. The number of nitrogens with zero attached hydrogens (tertiary/aromatic N) is 1. The first kappa shape index (κ1) is 11.8. The minimum atomic E-state index is -0.186. The fourth-order valence-electron chi connectivity index (χ4n) is 1.07. The Kier molecular flexibility index (Phi) is 3.94. The van der Waals surface area contributed by atoms with Crippen molar-refractivity contribution in [2.24, 2.45) is 0 Å². The number of hydroxylamine groups is 2. The van der Waals surface area contributed by atoms with Crippen molar-refractivity contribution in [2.75, 3.05) is 14.2 Å². The van der Waals surface area contributed by atoms with Gasteiger partial charge in [0.2, 0.25) is 0 Å². The van der Waals surface area contributed by atoms with Gasteiger partial charge in [-0.2, -0.15) is 0 Å². The van der Waals surface area contributed by atoms with Gasteiger partial charge in [0.05, 0.1) is 7.11 Å². The number of rotatable bonds is 3. The van der Waals surface area contributed by atoms with Gasteiger partial charge in [-0.05, 0) is 17.7 Å². The second-order valence-electron chi connectivity index (χ2n) is 3.01. The molecule has 0 bridgehead atoms. The number of hydrogen-bond donors (Lipinski definition) is 1. The topological polar surface area (TPSA) is 29.5 Å². The van der Waals surface area contributed by atoms with Gasteiger partial charge in [-0.25, -0.2) is 5.06 Å². The van der Waals surface area contributed by atoms with Crippen molar-refractivity contribution in [3.63, 3.8) is 0 Å². The lowest BCUT2D eigenvalue weighted by atomic mass is 10.1. The molecule has 0 aromatic heterocycles. The first-order valence-electron chi connectivity index (χ1n) is 4.36. The zero-order valence-electron chi connectivity index (χ0n) is 8.73. The number of thiol groups is 1. The van der Waals surface area contributed by atoms with E-state index in [2.05, 4.69) is 19.2 Å². The predicted molar refractivity (Wildman–Crippen MR) is 63.6 cm³/mol. The van der Waals surface area contributed by atoms with Gasteiger partial charge in [0.15, 0.2) is 0 Å². The average Bonchev–Trinajstić information content (AvgIpc) is 2.27. The Morgan fingerprint density at radius 2 is 1.80 bits per heavy atom. The first-order chi connectivity index (χ1) is 7.06. The molecule has 0 fully saturated rings. The highest BCUT2D eigenvalue weighted by Crippen LogP contribution is 2.16. The van der Waals surface area contributed by atoms with Gasteiger partial charge < -0.3 is 0 Å². The Labute approximate surface area is 94.7 Å². The summed E-state index contributed by atoms with van der Waals surface area (Å²) in [7, 11) is 3.01. The Morgan fingerprint density at radius 3 is 2.20 bits per heavy atom. The van der Waals surface area contributed by atoms with E-state index in [1.165, 1.54) is 12.2 Å². The Morgan fingerprint density at radius 1 is 1.33 bits per heavy atom. The summed E-state index contributed by atoms with van der Waals surface area (Å²) in [5, 5.41) is 1.17. The largest absolute Gasteiger partial charge is 0.277 e. The summed E-state index contributed by atoms with van der Waals surface area (Å²) in [5.41, 5.74) is 1.47. The van der Waals surface area contributed by atoms with Gasteiger partial charge in [-0.3, -0.25) is 9.63 Å². The lowest BCUT2D eigenvalue weighted by Gasteiger charge is -2.13. The van der Waals surface area contributed by atoms with E-state index < -0.39 is 0 Å². The van der Waals surface area contributed by atoms with Gasteiger partial charge >= 0.3 is 0 Å². The van der Waals surface area contributed by atoms with E-state index in [9.17, 15) is 4.79 Å². The van der Waals surface area contributed by atoms with Crippen molar-refractivity contribution in [3.05, 3.63) is 42.0 Å². The number of carbonyl (C=O) groups excluding carboxylic acids is 1. The molecule has 0 saturated heterocycles. The van der Waals surface area contributed by atoms with Crippen molar-refractivity contribution in [1.82, 2.24) is 5.06 Å². The van der Waals surface area contributed by atoms with Crippen LogP contribution in [0.25, 0.3) is 4.91 Å². The molecular formula is C11H13NO2S. The zero-order chi connectivity index (χ0) is 11.4. The van der Waals surface area contributed by atoms with E-state index >= 15 is 0 Å². The summed E-state index contributed by atoms with van der Waals surface area (Å²) in [4.78, 5) is 17.1. The van der Waals surface area contributed by atoms with Crippen LogP contribution in [0, 0.1) is 0 Å². The number of carbonyl (C=O) groups is 1. The van der Waals surface area contributed by atoms with E-state index in [1.807, 2.05) is 0 Å². The molecule has 3 nitrogen and oxygen atoms in total. The molecule has 80 valence electrons. The van der Waals surface area contributed by atoms with E-state index in [0.717, 1.165) is 5.56 Å². The smallest absolute Gasteiger partial charge is 0.274 e. The second kappa shape index (κ2) is 5.00. The highest BCUT2D eigenvalue weighted by Gasteiger charge is 2.10. The summed E-state index contributed by atoms with van der Waals surface area (Å²) in [5.74, 6) is -0.186. The molecule has 4 heteroatoms. The van der Waals surface area contributed by atoms with Crippen LogP contribution < -0.4 is 0 Å². The van der Waals surface area contributed by atoms with E-state index in [-0.39, 0.29) is 5.91 Å². The molecule has 0 spiro atoms. The molecule has 0 unspecified atom stereocenters. The van der Waals surface area contributed by atoms with E-state index in [1.54, 1.807) is 31.3 Å². The van der Waals surface area contributed by atoms with Crippen LogP contribution in [0.4, 0.5) is 0 Å². The minimum absolute atomic E-state index is 0.186. The summed E-state index contributed by atoms with van der Waals surface area (Å²) in [6.07, 6.45) is 0. The Bertz CT molecular complexity index is 373. The molecule has 0 heterocycles. The monoisotopic (exact) mass is 223 g/mol. The maximum absolute atomic E-state index is 11.6. The second-order valence-corrected chi connectivity index (χ2v) is 3.55. The van der Waals surface area contributed by atoms with Crippen LogP contribution in [-0.4, -0.2) is 25.1 Å². The molecule has 1 aromatic carbocycles. The lowest BCUT2D eigenvalue weighted by Crippen LogP contribution is -2.25. The SMILES string of the molecule is C=C(S)c1ccc(C(=O)N(C)OC)cc1. The van der Waals surface area contributed by atoms with Gasteiger partial charge in [-0.1, -0.05) is 18.7 Å². The molecule has 0 saturated carbocycles. The quantitative estimate of drug-likeness (QED) is 0.629. The maximum Gasteiger partial charge on any atom is 0.277 e. The third kappa shape index (κ3) is 2.84. The van der Waals surface area contributed by atoms with Crippen molar-refractivity contribution in [3.8, 4) is 0 Å². The zero-order valence-corrected chi connectivity index (χ0v) is 9.62. The van der Waals surface area contributed by atoms with Crippen molar-refractivity contribution in [2.45, 2.75) is 0 Å². The molecule has 0 aliphatic heterocycles. The van der Waals surface area contributed by atoms with Crippen molar-refractivity contribution < 1.29 is 9.63 Å². The van der Waals surface area contributed by atoms with Crippen molar-refractivity contribution in [1.29, 1.82) is 0 Å². The number of hydrogen-bond acceptors (Lipinski definition) is 3. The van der Waals surface area contributed by atoms with Crippen LogP contribution in [-0.2, 0) is 4.84 Å². The minimum Gasteiger partial charge on any atom is -0.274 e. The van der Waals surface area contributed by atoms with Crippen LogP contribution >= 0.6 is 12.6 Å². The summed E-state index contributed by atoms with van der Waals surface area (Å²) >= 11 is 4.12. The van der Waals surface area contributed by atoms with Crippen LogP contribution in [0.5, 0.6) is 0 Å². The molecule has 1 rings (SSSR count). The van der Waals surface area contributed by atoms with Gasteiger partial charge in [-0.15, -0.1) is 12.6 Å². The fraction of sp³-hybridized carbons (Fsp3) is 0.182. The molecule has 0 N–H and O–H groups in total. The fourth-order valence-corrected chi connectivity index (χ4v) is 1.22. The molecule has 1 amide bonds. The van der Waals surface area contributed by atoms with E-state index in [0.29, 0.717) is 10.5 Å². The normalized spacial score (nSPS) is 9.80. The third-order valence-electron chi connectivity index (χ3n) is 2.02. The highest BCUT2D eigenvalue weighted by atomic mass is 32.1. The van der Waals surface area contributed by atoms with Gasteiger partial charge in [0.1, 0.15) is 0 Å². The lowest BCUT2D eigenvalue weighted by molar-refractivity contribution is -0.0756. The van der Waals surface area contributed by atoms with Crippen LogP contribution in [0.1, 0.15) is 15.9 Å². The number of benzene rings is 1. The molecule has 0 aliphatic rings. The Balaban J connectivity index is 2.89. The van der Waals surface area contributed by atoms with E-state index in [4.69, 9.17) is 4.84 Å². The third-order valence-corrected chi connectivity index (χ3v) is 2.28. The summed E-state index contributed by atoms with van der Waals surface area (Å²) < 4.78 is 0. The molecule has 0 atom stereocenters. The molecular weight excluding hydrogens is 210 g/mol. The van der Waals surface area contributed by atoms with Crippen molar-refractivity contribution >= 4 is 23.4 Å². The molecule has 0 aliphatic carbocycles.